The van der Waals surface area contributed by atoms with Gasteiger partial charge in [-0.05, 0) is 19.5 Å². The fraction of sp³-hybridized carbons (Fsp3) is 0.579. The Hall–Kier alpha value is -1.92. The lowest BCUT2D eigenvalue weighted by atomic mass is 10.0. The summed E-state index contributed by atoms with van der Waals surface area (Å²) >= 11 is 0. The number of amides is 2. The number of aryl methyl sites for hydroxylation is 1. The summed E-state index contributed by atoms with van der Waals surface area (Å²) in [6, 6.07) is 8.73. The molecule has 1 aliphatic heterocycles. The lowest BCUT2D eigenvalue weighted by molar-refractivity contribution is -0.121. The first-order chi connectivity index (χ1) is 12.0. The van der Waals surface area contributed by atoms with Crippen molar-refractivity contribution in [2.75, 3.05) is 46.3 Å². The van der Waals surface area contributed by atoms with E-state index in [1.807, 2.05) is 0 Å². The summed E-state index contributed by atoms with van der Waals surface area (Å²) in [4.78, 5) is 27.7. The minimum atomic E-state index is -0.109. The molecule has 6 nitrogen and oxygen atoms in total. The predicted molar refractivity (Wildman–Crippen MR) is 99.3 cm³/mol. The summed E-state index contributed by atoms with van der Waals surface area (Å²) < 4.78 is 0. The number of nitrogens with zero attached hydrogens (tertiary/aromatic N) is 2. The van der Waals surface area contributed by atoms with E-state index in [1.54, 1.807) is 0 Å². The van der Waals surface area contributed by atoms with Gasteiger partial charge in [0.15, 0.2) is 0 Å². The lowest BCUT2D eigenvalue weighted by Gasteiger charge is -2.38. The van der Waals surface area contributed by atoms with Crippen LogP contribution in [0.15, 0.2) is 24.3 Å². The number of piperazine rings is 1. The molecule has 1 unspecified atom stereocenters. The van der Waals surface area contributed by atoms with Crippen molar-refractivity contribution in [1.82, 2.24) is 20.4 Å². The van der Waals surface area contributed by atoms with Gasteiger partial charge in [0.1, 0.15) is 0 Å². The van der Waals surface area contributed by atoms with E-state index in [2.05, 4.69) is 58.7 Å². The van der Waals surface area contributed by atoms with E-state index < -0.39 is 0 Å². The van der Waals surface area contributed by atoms with Gasteiger partial charge in [0.25, 0.3) is 0 Å². The molecule has 0 saturated carbocycles. The van der Waals surface area contributed by atoms with Crippen molar-refractivity contribution in [3.63, 3.8) is 0 Å². The predicted octanol–water partition coefficient (Wildman–Crippen LogP) is 0.926. The van der Waals surface area contributed by atoms with Crippen molar-refractivity contribution < 1.29 is 9.59 Å². The van der Waals surface area contributed by atoms with Crippen molar-refractivity contribution in [2.24, 2.45) is 0 Å². The maximum atomic E-state index is 12.1. The van der Waals surface area contributed by atoms with Crippen LogP contribution in [0.2, 0.25) is 0 Å². The molecule has 138 valence electrons. The number of likely N-dealkylation sites (N-methyl/N-ethyl adjacent to an activating group) is 1. The Morgan fingerprint density at radius 3 is 2.32 bits per heavy atom. The first-order valence-electron chi connectivity index (χ1n) is 8.96. The number of hydrogen-bond acceptors (Lipinski definition) is 4. The second-order valence-corrected chi connectivity index (χ2v) is 6.80. The molecule has 1 fully saturated rings. The molecule has 1 aliphatic rings. The number of nitrogens with one attached hydrogen (secondary N) is 2. The van der Waals surface area contributed by atoms with E-state index >= 15 is 0 Å². The SMILES string of the molecule is CC(=O)NCCC(=O)NCC(c1ccc(C)cc1)N1CCN(C)CC1. The maximum Gasteiger partial charge on any atom is 0.221 e. The molecule has 1 atom stereocenters. The average Bonchev–Trinajstić information content (AvgIpc) is 2.57. The van der Waals surface area contributed by atoms with Crippen LogP contribution in [0.4, 0.5) is 0 Å². The number of benzene rings is 1. The number of rotatable bonds is 7. The second kappa shape index (κ2) is 9.53. The van der Waals surface area contributed by atoms with E-state index in [0.29, 0.717) is 19.5 Å². The van der Waals surface area contributed by atoms with E-state index in [-0.39, 0.29) is 17.9 Å². The Labute approximate surface area is 150 Å². The summed E-state index contributed by atoms with van der Waals surface area (Å²) in [7, 11) is 2.14. The normalized spacial score (nSPS) is 17.1. The molecule has 0 radical (unpaired) electrons. The quantitative estimate of drug-likeness (QED) is 0.771. The molecule has 2 amide bonds. The smallest absolute Gasteiger partial charge is 0.221 e. The molecule has 25 heavy (non-hydrogen) atoms. The van der Waals surface area contributed by atoms with Gasteiger partial charge in [0.05, 0.1) is 6.04 Å². The first-order valence-corrected chi connectivity index (χ1v) is 8.96. The Bertz CT molecular complexity index is 565. The summed E-state index contributed by atoms with van der Waals surface area (Å²) in [5.74, 6) is -0.136. The van der Waals surface area contributed by atoms with Gasteiger partial charge >= 0.3 is 0 Å². The summed E-state index contributed by atoms with van der Waals surface area (Å²) in [6.07, 6.45) is 0.308. The van der Waals surface area contributed by atoms with Gasteiger partial charge in [-0.3, -0.25) is 14.5 Å². The topological polar surface area (TPSA) is 64.7 Å². The monoisotopic (exact) mass is 346 g/mol. The Balaban J connectivity index is 1.95. The molecular weight excluding hydrogens is 316 g/mol. The fourth-order valence-electron chi connectivity index (χ4n) is 3.03. The van der Waals surface area contributed by atoms with Gasteiger partial charge in [-0.1, -0.05) is 29.8 Å². The van der Waals surface area contributed by atoms with Crippen molar-refractivity contribution in [1.29, 1.82) is 0 Å². The van der Waals surface area contributed by atoms with Crippen LogP contribution in [0.3, 0.4) is 0 Å². The first kappa shape index (κ1) is 19.4. The molecule has 1 aromatic rings. The third-order valence-corrected chi connectivity index (χ3v) is 4.66. The van der Waals surface area contributed by atoms with E-state index in [9.17, 15) is 9.59 Å². The van der Waals surface area contributed by atoms with Crippen molar-refractivity contribution in [2.45, 2.75) is 26.3 Å². The van der Waals surface area contributed by atoms with Crippen LogP contribution < -0.4 is 10.6 Å². The molecule has 0 aliphatic carbocycles. The van der Waals surface area contributed by atoms with Crippen LogP contribution >= 0.6 is 0 Å². The minimum absolute atomic E-state index is 0.0278. The second-order valence-electron chi connectivity index (χ2n) is 6.80. The van der Waals surface area contributed by atoms with Crippen LogP contribution in [0.5, 0.6) is 0 Å². The zero-order valence-electron chi connectivity index (χ0n) is 15.5. The molecule has 2 N–H and O–H groups in total. The van der Waals surface area contributed by atoms with E-state index in [4.69, 9.17) is 0 Å². The third kappa shape index (κ3) is 6.48. The molecule has 0 aromatic heterocycles. The van der Waals surface area contributed by atoms with Gasteiger partial charge in [0.2, 0.25) is 11.8 Å². The zero-order chi connectivity index (χ0) is 18.2. The summed E-state index contributed by atoms with van der Waals surface area (Å²) in [6.45, 7) is 8.58. The molecule has 0 spiro atoms. The fourth-order valence-corrected chi connectivity index (χ4v) is 3.03. The average molecular weight is 346 g/mol. The van der Waals surface area contributed by atoms with Crippen LogP contribution in [0.25, 0.3) is 0 Å². The van der Waals surface area contributed by atoms with Crippen LogP contribution in [-0.4, -0.2) is 67.9 Å². The van der Waals surface area contributed by atoms with Gasteiger partial charge in [-0.25, -0.2) is 0 Å². The van der Waals surface area contributed by atoms with Gasteiger partial charge < -0.3 is 15.5 Å². The van der Waals surface area contributed by atoms with E-state index in [1.165, 1.54) is 18.1 Å². The van der Waals surface area contributed by atoms with Gasteiger partial charge in [-0.2, -0.15) is 0 Å². The summed E-state index contributed by atoms with van der Waals surface area (Å²) in [5.41, 5.74) is 2.47. The molecular formula is C19H30N4O2. The highest BCUT2D eigenvalue weighted by Gasteiger charge is 2.24. The Morgan fingerprint density at radius 1 is 1.08 bits per heavy atom. The summed E-state index contributed by atoms with van der Waals surface area (Å²) in [5, 5.41) is 5.69. The van der Waals surface area contributed by atoms with Crippen LogP contribution in [-0.2, 0) is 9.59 Å². The molecule has 1 heterocycles. The molecule has 1 saturated heterocycles. The van der Waals surface area contributed by atoms with Crippen LogP contribution in [0.1, 0.15) is 30.5 Å². The Kier molecular flexibility index (Phi) is 7.40. The molecule has 6 heteroatoms. The number of carbonyl (C=O) groups is 2. The standard InChI is InChI=1S/C19H30N4O2/c1-15-4-6-17(7-5-15)18(23-12-10-22(3)11-13-23)14-21-19(25)8-9-20-16(2)24/h4-7,18H,8-14H2,1-3H3,(H,20,24)(H,21,25). The largest absolute Gasteiger partial charge is 0.356 e. The maximum absolute atomic E-state index is 12.1. The molecule has 2 rings (SSSR count). The van der Waals surface area contributed by atoms with E-state index in [0.717, 1.165) is 26.2 Å². The minimum Gasteiger partial charge on any atom is -0.356 e. The molecule has 0 bridgehead atoms. The van der Waals surface area contributed by atoms with Gasteiger partial charge in [-0.15, -0.1) is 0 Å². The third-order valence-electron chi connectivity index (χ3n) is 4.66. The van der Waals surface area contributed by atoms with Crippen molar-refractivity contribution in [3.05, 3.63) is 35.4 Å². The highest BCUT2D eigenvalue weighted by atomic mass is 16.2. The lowest BCUT2D eigenvalue weighted by Crippen LogP contribution is -2.48. The highest BCUT2D eigenvalue weighted by Crippen LogP contribution is 2.22. The van der Waals surface area contributed by atoms with Crippen LogP contribution in [0, 0.1) is 6.92 Å². The highest BCUT2D eigenvalue weighted by molar-refractivity contribution is 5.77. The zero-order valence-corrected chi connectivity index (χ0v) is 15.5. The Morgan fingerprint density at radius 2 is 1.72 bits per heavy atom. The number of hydrogen-bond donors (Lipinski definition) is 2. The molecule has 1 aromatic carbocycles. The van der Waals surface area contributed by atoms with Gasteiger partial charge in [0, 0.05) is 52.6 Å². The number of carbonyl (C=O) groups excluding carboxylic acids is 2. The van der Waals surface area contributed by atoms with Crippen molar-refractivity contribution in [3.8, 4) is 0 Å². The van der Waals surface area contributed by atoms with Crippen molar-refractivity contribution >= 4 is 11.8 Å².